The fraction of sp³-hybridized carbons (Fsp3) is 0.111. The van der Waals surface area contributed by atoms with E-state index in [0.717, 1.165) is 12.1 Å². The topological polar surface area (TPSA) is 102 Å². The molecule has 3 N–H and O–H groups in total. The summed E-state index contributed by atoms with van der Waals surface area (Å²) < 4.78 is 40.8. The third-order valence-corrected chi connectivity index (χ3v) is 4.36. The highest BCUT2D eigenvalue weighted by molar-refractivity contribution is 5.95. The standard InChI is InChI=1S/C18H13F3N6O/c1-9-2-3-11(18(19,20)21)5-12(9)27-6-10(4-13(27)16(22)28)14-15-17(25-7-23-14)26-8-24-15/h2-8H,1H3,(H2,22,28)(H,23,24,25,26). The molecule has 0 aliphatic heterocycles. The fourth-order valence-corrected chi connectivity index (χ4v) is 3.00. The SMILES string of the molecule is Cc1ccc(C(F)(F)F)cc1-n1cc(-c2ncnc3[nH]cnc23)cc1C(N)=O. The minimum Gasteiger partial charge on any atom is -0.364 e. The first kappa shape index (κ1) is 17.7. The van der Waals surface area contributed by atoms with E-state index in [9.17, 15) is 18.0 Å². The summed E-state index contributed by atoms with van der Waals surface area (Å²) in [4.78, 5) is 27.2. The van der Waals surface area contributed by atoms with Gasteiger partial charge >= 0.3 is 6.18 Å². The van der Waals surface area contributed by atoms with E-state index in [1.165, 1.54) is 35.6 Å². The number of nitrogens with zero attached hydrogens (tertiary/aromatic N) is 4. The van der Waals surface area contributed by atoms with Crippen molar-refractivity contribution >= 4 is 17.1 Å². The normalized spacial score (nSPS) is 11.9. The van der Waals surface area contributed by atoms with Gasteiger partial charge in [0.05, 0.1) is 11.9 Å². The number of primary amides is 1. The lowest BCUT2D eigenvalue weighted by Crippen LogP contribution is -2.16. The van der Waals surface area contributed by atoms with Gasteiger partial charge in [0, 0.05) is 17.4 Å². The third-order valence-electron chi connectivity index (χ3n) is 4.36. The van der Waals surface area contributed by atoms with E-state index in [0.29, 0.717) is 28.0 Å². The predicted octanol–water partition coefficient (Wildman–Crippen LogP) is 3.24. The highest BCUT2D eigenvalue weighted by Gasteiger charge is 2.31. The Hall–Kier alpha value is -3.69. The monoisotopic (exact) mass is 386 g/mol. The van der Waals surface area contributed by atoms with Crippen molar-refractivity contribution in [1.82, 2.24) is 24.5 Å². The average molecular weight is 386 g/mol. The van der Waals surface area contributed by atoms with E-state index in [1.54, 1.807) is 6.92 Å². The van der Waals surface area contributed by atoms with Crippen LogP contribution in [0.1, 0.15) is 21.6 Å². The Kier molecular flexibility index (Phi) is 3.91. The second-order valence-corrected chi connectivity index (χ2v) is 6.17. The lowest BCUT2D eigenvalue weighted by atomic mass is 10.1. The minimum atomic E-state index is -4.51. The van der Waals surface area contributed by atoms with E-state index in [1.807, 2.05) is 0 Å². The number of fused-ring (bicyclic) bond motifs is 1. The molecule has 0 atom stereocenters. The maximum absolute atomic E-state index is 13.2. The van der Waals surface area contributed by atoms with E-state index < -0.39 is 17.6 Å². The maximum atomic E-state index is 13.2. The van der Waals surface area contributed by atoms with Gasteiger partial charge in [0.1, 0.15) is 23.2 Å². The Balaban J connectivity index is 1.94. The molecule has 0 aliphatic carbocycles. The number of hydrogen-bond donors (Lipinski definition) is 2. The number of nitrogens with two attached hydrogens (primary N) is 1. The van der Waals surface area contributed by atoms with Gasteiger partial charge in [-0.25, -0.2) is 15.0 Å². The van der Waals surface area contributed by atoms with Crippen LogP contribution in [0.4, 0.5) is 13.2 Å². The van der Waals surface area contributed by atoms with Gasteiger partial charge in [0.2, 0.25) is 0 Å². The number of aryl methyl sites for hydroxylation is 1. The van der Waals surface area contributed by atoms with E-state index in [4.69, 9.17) is 5.73 Å². The van der Waals surface area contributed by atoms with Gasteiger partial charge in [0.25, 0.3) is 5.91 Å². The van der Waals surface area contributed by atoms with Crippen LogP contribution >= 0.6 is 0 Å². The summed E-state index contributed by atoms with van der Waals surface area (Å²) in [5, 5.41) is 0. The zero-order chi connectivity index (χ0) is 20.1. The second-order valence-electron chi connectivity index (χ2n) is 6.17. The molecular formula is C18H13F3N6O. The number of carbonyl (C=O) groups excluding carboxylic acids is 1. The van der Waals surface area contributed by atoms with Crippen LogP contribution in [0.3, 0.4) is 0 Å². The van der Waals surface area contributed by atoms with Gasteiger partial charge in [-0.3, -0.25) is 4.79 Å². The van der Waals surface area contributed by atoms with Crippen molar-refractivity contribution in [2.45, 2.75) is 13.1 Å². The van der Waals surface area contributed by atoms with Crippen LogP contribution in [0, 0.1) is 6.92 Å². The fourth-order valence-electron chi connectivity index (χ4n) is 3.00. The van der Waals surface area contributed by atoms with Crippen LogP contribution in [0.2, 0.25) is 0 Å². The quantitative estimate of drug-likeness (QED) is 0.564. The molecule has 0 bridgehead atoms. The number of hydrogen-bond acceptors (Lipinski definition) is 4. The first-order valence-electron chi connectivity index (χ1n) is 8.10. The Bertz CT molecular complexity index is 1210. The number of aromatic nitrogens is 5. The van der Waals surface area contributed by atoms with Crippen LogP contribution in [0.25, 0.3) is 28.1 Å². The molecule has 0 aliphatic rings. The summed E-state index contributed by atoms with van der Waals surface area (Å²) in [6.45, 7) is 1.65. The number of aromatic amines is 1. The molecule has 0 spiro atoms. The molecule has 10 heteroatoms. The van der Waals surface area contributed by atoms with Crippen molar-refractivity contribution in [1.29, 1.82) is 0 Å². The summed E-state index contributed by atoms with van der Waals surface area (Å²) in [7, 11) is 0. The third kappa shape index (κ3) is 2.88. The first-order chi connectivity index (χ1) is 13.3. The average Bonchev–Trinajstić information content (AvgIpc) is 3.28. The number of alkyl halides is 3. The molecule has 142 valence electrons. The van der Waals surface area contributed by atoms with Crippen LogP contribution in [-0.4, -0.2) is 30.4 Å². The van der Waals surface area contributed by atoms with Crippen molar-refractivity contribution in [3.63, 3.8) is 0 Å². The van der Waals surface area contributed by atoms with Crippen LogP contribution < -0.4 is 5.73 Å². The lowest BCUT2D eigenvalue weighted by molar-refractivity contribution is -0.137. The summed E-state index contributed by atoms with van der Waals surface area (Å²) in [5.74, 6) is -0.782. The van der Waals surface area contributed by atoms with Gasteiger partial charge in [-0.05, 0) is 30.7 Å². The molecule has 7 nitrogen and oxygen atoms in total. The largest absolute Gasteiger partial charge is 0.416 e. The zero-order valence-corrected chi connectivity index (χ0v) is 14.4. The molecule has 4 aromatic rings. The molecule has 0 saturated carbocycles. The number of carbonyl (C=O) groups is 1. The van der Waals surface area contributed by atoms with E-state index >= 15 is 0 Å². The molecule has 3 heterocycles. The van der Waals surface area contributed by atoms with Crippen LogP contribution in [0.5, 0.6) is 0 Å². The van der Waals surface area contributed by atoms with Crippen molar-refractivity contribution in [2.24, 2.45) is 5.73 Å². The molecule has 4 rings (SSSR count). The molecule has 0 fully saturated rings. The highest BCUT2D eigenvalue weighted by atomic mass is 19.4. The zero-order valence-electron chi connectivity index (χ0n) is 14.4. The van der Waals surface area contributed by atoms with Crippen LogP contribution in [-0.2, 0) is 6.18 Å². The molecule has 0 radical (unpaired) electrons. The van der Waals surface area contributed by atoms with Gasteiger partial charge in [-0.1, -0.05) is 6.07 Å². The summed E-state index contributed by atoms with van der Waals surface area (Å²) >= 11 is 0. The molecule has 28 heavy (non-hydrogen) atoms. The Morgan fingerprint density at radius 2 is 1.96 bits per heavy atom. The first-order valence-corrected chi connectivity index (χ1v) is 8.10. The molecule has 1 amide bonds. The van der Waals surface area contributed by atoms with E-state index in [-0.39, 0.29) is 11.4 Å². The number of rotatable bonds is 3. The molecular weight excluding hydrogens is 373 g/mol. The summed E-state index contributed by atoms with van der Waals surface area (Å²) in [6, 6.07) is 4.79. The smallest absolute Gasteiger partial charge is 0.364 e. The Morgan fingerprint density at radius 3 is 2.68 bits per heavy atom. The molecule has 1 aromatic carbocycles. The number of benzene rings is 1. The Morgan fingerprint density at radius 1 is 1.18 bits per heavy atom. The Labute approximate surface area is 156 Å². The number of imidazole rings is 1. The molecule has 0 unspecified atom stereocenters. The van der Waals surface area contributed by atoms with Crippen molar-refractivity contribution < 1.29 is 18.0 Å². The predicted molar refractivity (Wildman–Crippen MR) is 94.7 cm³/mol. The summed E-state index contributed by atoms with van der Waals surface area (Å²) in [5.41, 5.74) is 7.29. The lowest BCUT2D eigenvalue weighted by Gasteiger charge is -2.14. The number of amides is 1. The second kappa shape index (κ2) is 6.19. The van der Waals surface area contributed by atoms with E-state index in [2.05, 4.69) is 19.9 Å². The van der Waals surface area contributed by atoms with Gasteiger partial charge in [-0.15, -0.1) is 0 Å². The van der Waals surface area contributed by atoms with Crippen molar-refractivity contribution in [3.05, 3.63) is 59.9 Å². The van der Waals surface area contributed by atoms with Crippen LogP contribution in [0.15, 0.2) is 43.1 Å². The number of nitrogens with one attached hydrogen (secondary N) is 1. The highest BCUT2D eigenvalue weighted by Crippen LogP contribution is 2.33. The minimum absolute atomic E-state index is 0.0275. The van der Waals surface area contributed by atoms with Gasteiger partial charge in [0.15, 0.2) is 5.65 Å². The number of halogens is 3. The molecule has 0 saturated heterocycles. The van der Waals surface area contributed by atoms with Gasteiger partial charge in [-0.2, -0.15) is 13.2 Å². The van der Waals surface area contributed by atoms with Crippen molar-refractivity contribution in [2.75, 3.05) is 0 Å². The van der Waals surface area contributed by atoms with Crippen molar-refractivity contribution in [3.8, 4) is 16.9 Å². The molecule has 3 aromatic heterocycles. The van der Waals surface area contributed by atoms with Gasteiger partial charge < -0.3 is 15.3 Å². The number of H-pyrrole nitrogens is 1. The maximum Gasteiger partial charge on any atom is 0.416 e. The summed E-state index contributed by atoms with van der Waals surface area (Å²) in [6.07, 6.45) is -0.226.